The highest BCUT2D eigenvalue weighted by molar-refractivity contribution is 4.98. The van der Waals surface area contributed by atoms with Gasteiger partial charge in [0.2, 0.25) is 0 Å². The number of piperidine rings is 1. The maximum Gasteiger partial charge on any atom is 0.141 e. The summed E-state index contributed by atoms with van der Waals surface area (Å²) in [4.78, 5) is 0. The molecule has 2 heterocycles. The molecule has 58 valence electrons. The fourth-order valence-electron chi connectivity index (χ4n) is 1.68. The molecular formula is C7H12FNO. The Kier molecular flexibility index (Phi) is 1.42. The van der Waals surface area contributed by atoms with Crippen molar-refractivity contribution in [3.8, 4) is 0 Å². The van der Waals surface area contributed by atoms with E-state index in [-0.39, 0.29) is 5.60 Å². The molecule has 0 amide bonds. The molecule has 0 aliphatic carbocycles. The predicted octanol–water partition coefficient (Wildman–Crippen LogP) is 0.477. The summed E-state index contributed by atoms with van der Waals surface area (Å²) in [5.74, 6) is 0. The summed E-state index contributed by atoms with van der Waals surface area (Å²) in [6.07, 6.45) is 0.972. The molecule has 2 aliphatic heterocycles. The van der Waals surface area contributed by atoms with Crippen LogP contribution in [0.3, 0.4) is 0 Å². The zero-order valence-corrected chi connectivity index (χ0v) is 5.90. The summed E-state index contributed by atoms with van der Waals surface area (Å²) in [5, 5.41) is 3.00. The quantitative estimate of drug-likeness (QED) is 0.535. The van der Waals surface area contributed by atoms with E-state index in [9.17, 15) is 4.39 Å². The summed E-state index contributed by atoms with van der Waals surface area (Å²) in [6.45, 7) is 2.13. The third-order valence-corrected chi connectivity index (χ3v) is 2.53. The number of alkyl halides is 1. The minimum absolute atomic E-state index is 0.370. The second-order valence-electron chi connectivity index (χ2n) is 3.08. The standard InChI is InChI=1S/C7H12FNO/c8-6-5-9-3-1-7(6)2-4-10-7/h6,9H,1-5H2. The minimum Gasteiger partial charge on any atom is -0.372 e. The Morgan fingerprint density at radius 2 is 2.30 bits per heavy atom. The molecule has 0 saturated carbocycles. The van der Waals surface area contributed by atoms with Crippen LogP contribution in [0.4, 0.5) is 4.39 Å². The van der Waals surface area contributed by atoms with Crippen molar-refractivity contribution in [2.24, 2.45) is 0 Å². The van der Waals surface area contributed by atoms with Crippen LogP contribution in [-0.2, 0) is 4.74 Å². The molecule has 0 aromatic heterocycles. The van der Waals surface area contributed by atoms with E-state index >= 15 is 0 Å². The largest absolute Gasteiger partial charge is 0.372 e. The van der Waals surface area contributed by atoms with E-state index < -0.39 is 6.17 Å². The molecule has 2 atom stereocenters. The molecule has 10 heavy (non-hydrogen) atoms. The van der Waals surface area contributed by atoms with Gasteiger partial charge < -0.3 is 10.1 Å². The molecule has 1 spiro atoms. The number of hydrogen-bond donors (Lipinski definition) is 1. The third kappa shape index (κ3) is 0.772. The molecule has 2 fully saturated rings. The zero-order valence-electron chi connectivity index (χ0n) is 5.90. The van der Waals surface area contributed by atoms with E-state index in [1.165, 1.54) is 0 Å². The lowest BCUT2D eigenvalue weighted by molar-refractivity contribution is -0.195. The molecule has 2 saturated heterocycles. The molecule has 0 bridgehead atoms. The highest BCUT2D eigenvalue weighted by Crippen LogP contribution is 2.36. The first-order valence-electron chi connectivity index (χ1n) is 3.82. The van der Waals surface area contributed by atoms with Crippen LogP contribution in [0.5, 0.6) is 0 Å². The van der Waals surface area contributed by atoms with Gasteiger partial charge in [0.05, 0.1) is 6.61 Å². The van der Waals surface area contributed by atoms with Gasteiger partial charge in [-0.3, -0.25) is 0 Å². The van der Waals surface area contributed by atoms with Crippen LogP contribution >= 0.6 is 0 Å². The smallest absolute Gasteiger partial charge is 0.141 e. The van der Waals surface area contributed by atoms with Crippen molar-refractivity contribution in [3.63, 3.8) is 0 Å². The highest BCUT2D eigenvalue weighted by atomic mass is 19.1. The van der Waals surface area contributed by atoms with Gasteiger partial charge in [-0.15, -0.1) is 0 Å². The van der Waals surface area contributed by atoms with Gasteiger partial charge in [0, 0.05) is 13.0 Å². The predicted molar refractivity (Wildman–Crippen MR) is 35.7 cm³/mol. The average Bonchev–Trinajstić information content (AvgIpc) is 1.85. The molecule has 0 radical (unpaired) electrons. The monoisotopic (exact) mass is 145 g/mol. The number of nitrogens with one attached hydrogen (secondary N) is 1. The minimum atomic E-state index is -0.782. The normalized spacial score (nSPS) is 47.1. The van der Waals surface area contributed by atoms with E-state index in [1.807, 2.05) is 0 Å². The Hall–Kier alpha value is -0.150. The molecular weight excluding hydrogens is 133 g/mol. The average molecular weight is 145 g/mol. The molecule has 0 aromatic rings. The van der Waals surface area contributed by atoms with Gasteiger partial charge in [-0.25, -0.2) is 4.39 Å². The number of hydrogen-bond acceptors (Lipinski definition) is 2. The summed E-state index contributed by atoms with van der Waals surface area (Å²) in [6, 6.07) is 0. The van der Waals surface area contributed by atoms with Crippen LogP contribution in [0.15, 0.2) is 0 Å². The Balaban J connectivity index is 2.03. The van der Waals surface area contributed by atoms with E-state index in [0.717, 1.165) is 26.0 Å². The van der Waals surface area contributed by atoms with Crippen molar-refractivity contribution in [2.45, 2.75) is 24.6 Å². The van der Waals surface area contributed by atoms with Gasteiger partial charge in [0.15, 0.2) is 0 Å². The summed E-state index contributed by atoms with van der Waals surface area (Å²) in [7, 11) is 0. The van der Waals surface area contributed by atoms with Gasteiger partial charge in [0.1, 0.15) is 11.8 Å². The molecule has 1 N–H and O–H groups in total. The van der Waals surface area contributed by atoms with Crippen LogP contribution < -0.4 is 5.32 Å². The maximum absolute atomic E-state index is 13.1. The van der Waals surface area contributed by atoms with Crippen LogP contribution in [0.25, 0.3) is 0 Å². The summed E-state index contributed by atoms with van der Waals surface area (Å²) >= 11 is 0. The fraction of sp³-hybridized carbons (Fsp3) is 1.00. The zero-order chi connectivity index (χ0) is 7.03. The Morgan fingerprint density at radius 1 is 1.50 bits per heavy atom. The Morgan fingerprint density at radius 3 is 2.70 bits per heavy atom. The maximum atomic E-state index is 13.1. The summed E-state index contributed by atoms with van der Waals surface area (Å²) < 4.78 is 18.4. The Labute approximate surface area is 59.7 Å². The molecule has 2 unspecified atom stereocenters. The second-order valence-corrected chi connectivity index (χ2v) is 3.08. The van der Waals surface area contributed by atoms with Crippen molar-refractivity contribution in [3.05, 3.63) is 0 Å². The number of ether oxygens (including phenoxy) is 1. The molecule has 2 nitrogen and oxygen atoms in total. The van der Waals surface area contributed by atoms with E-state index in [0.29, 0.717) is 6.54 Å². The van der Waals surface area contributed by atoms with Crippen LogP contribution in [0, 0.1) is 0 Å². The molecule has 3 heteroatoms. The van der Waals surface area contributed by atoms with Gasteiger partial charge in [-0.1, -0.05) is 0 Å². The molecule has 2 rings (SSSR count). The summed E-state index contributed by atoms with van der Waals surface area (Å²) in [5.41, 5.74) is -0.370. The lowest BCUT2D eigenvalue weighted by atomic mass is 9.84. The van der Waals surface area contributed by atoms with Crippen molar-refractivity contribution < 1.29 is 9.13 Å². The first-order chi connectivity index (χ1) is 4.83. The second kappa shape index (κ2) is 2.17. The lowest BCUT2D eigenvalue weighted by Gasteiger charge is -2.46. The van der Waals surface area contributed by atoms with E-state index in [4.69, 9.17) is 4.74 Å². The van der Waals surface area contributed by atoms with Crippen molar-refractivity contribution in [1.82, 2.24) is 5.32 Å². The van der Waals surface area contributed by atoms with Crippen LogP contribution in [0.2, 0.25) is 0 Å². The number of rotatable bonds is 0. The third-order valence-electron chi connectivity index (χ3n) is 2.53. The van der Waals surface area contributed by atoms with E-state index in [2.05, 4.69) is 5.32 Å². The highest BCUT2D eigenvalue weighted by Gasteiger charge is 2.47. The first-order valence-corrected chi connectivity index (χ1v) is 3.82. The Bertz CT molecular complexity index is 136. The van der Waals surface area contributed by atoms with Crippen LogP contribution in [0.1, 0.15) is 12.8 Å². The van der Waals surface area contributed by atoms with Gasteiger partial charge in [0.25, 0.3) is 0 Å². The SMILES string of the molecule is FC1CNCCC12CCO2. The molecule has 0 aromatic carbocycles. The van der Waals surface area contributed by atoms with Crippen molar-refractivity contribution in [2.75, 3.05) is 19.7 Å². The van der Waals surface area contributed by atoms with Gasteiger partial charge >= 0.3 is 0 Å². The fourth-order valence-corrected chi connectivity index (χ4v) is 1.68. The van der Waals surface area contributed by atoms with Crippen LogP contribution in [-0.4, -0.2) is 31.5 Å². The topological polar surface area (TPSA) is 21.3 Å². The number of halogens is 1. The van der Waals surface area contributed by atoms with Gasteiger partial charge in [-0.05, 0) is 13.0 Å². The van der Waals surface area contributed by atoms with Crippen molar-refractivity contribution in [1.29, 1.82) is 0 Å². The van der Waals surface area contributed by atoms with Crippen molar-refractivity contribution >= 4 is 0 Å². The van der Waals surface area contributed by atoms with E-state index in [1.54, 1.807) is 0 Å². The molecule has 2 aliphatic rings. The first kappa shape index (κ1) is 6.55. The lowest BCUT2D eigenvalue weighted by Crippen LogP contribution is -2.59. The van der Waals surface area contributed by atoms with Gasteiger partial charge in [-0.2, -0.15) is 0 Å².